The second kappa shape index (κ2) is 9.80. The predicted molar refractivity (Wildman–Crippen MR) is 116 cm³/mol. The molecule has 0 spiro atoms. The quantitative estimate of drug-likeness (QED) is 0.704. The van der Waals surface area contributed by atoms with Gasteiger partial charge in [-0.2, -0.15) is 4.31 Å². The van der Waals surface area contributed by atoms with Gasteiger partial charge in [0.1, 0.15) is 5.75 Å². The topological polar surface area (TPSA) is 114 Å². The molecule has 31 heavy (non-hydrogen) atoms. The van der Waals surface area contributed by atoms with Crippen molar-refractivity contribution in [1.82, 2.24) is 4.31 Å². The van der Waals surface area contributed by atoms with E-state index in [0.717, 1.165) is 0 Å². The van der Waals surface area contributed by atoms with Gasteiger partial charge in [0.25, 0.3) is 0 Å². The first-order valence-corrected chi connectivity index (χ1v) is 11.2. The third-order valence-corrected chi connectivity index (χ3v) is 6.92. The molecule has 1 heterocycles. The molecule has 2 amide bonds. The number of anilines is 2. The van der Waals surface area contributed by atoms with E-state index in [1.54, 1.807) is 24.3 Å². The summed E-state index contributed by atoms with van der Waals surface area (Å²) >= 11 is 0. The molecule has 2 N–H and O–H groups in total. The van der Waals surface area contributed by atoms with E-state index in [1.165, 1.54) is 42.8 Å². The third-order valence-electron chi connectivity index (χ3n) is 5.04. The number of hydrogen-bond donors (Lipinski definition) is 2. The summed E-state index contributed by atoms with van der Waals surface area (Å²) in [5, 5.41) is 5.31. The molecule has 9 nitrogen and oxygen atoms in total. The Morgan fingerprint density at radius 2 is 1.74 bits per heavy atom. The monoisotopic (exact) mass is 447 g/mol. The highest BCUT2D eigenvalue weighted by Gasteiger charge is 2.33. The molecule has 0 aromatic heterocycles. The van der Waals surface area contributed by atoms with Crippen molar-refractivity contribution in [3.05, 3.63) is 48.5 Å². The molecule has 2 aromatic rings. The van der Waals surface area contributed by atoms with E-state index in [2.05, 4.69) is 15.4 Å². The van der Waals surface area contributed by atoms with E-state index in [-0.39, 0.29) is 17.3 Å². The minimum absolute atomic E-state index is 0.0888. The zero-order valence-electron chi connectivity index (χ0n) is 17.3. The van der Waals surface area contributed by atoms with Crippen LogP contribution in [0.2, 0.25) is 0 Å². The Morgan fingerprint density at radius 1 is 1.03 bits per heavy atom. The highest BCUT2D eigenvalue weighted by molar-refractivity contribution is 7.89. The Bertz CT molecular complexity index is 1040. The molecule has 0 unspecified atom stereocenters. The number of hydrogen-bond acceptors (Lipinski definition) is 6. The van der Waals surface area contributed by atoms with Crippen LogP contribution in [0.4, 0.5) is 16.2 Å². The van der Waals surface area contributed by atoms with Crippen molar-refractivity contribution in [3.63, 3.8) is 0 Å². The number of rotatable bonds is 6. The minimum Gasteiger partial charge on any atom is -0.495 e. The van der Waals surface area contributed by atoms with Gasteiger partial charge in [0.05, 0.1) is 30.7 Å². The Labute approximate surface area is 181 Å². The maximum atomic E-state index is 13.1. The number of benzene rings is 2. The van der Waals surface area contributed by atoms with E-state index in [4.69, 9.17) is 4.74 Å². The molecule has 0 saturated carbocycles. The average Bonchev–Trinajstić information content (AvgIpc) is 2.79. The van der Waals surface area contributed by atoms with Crippen LogP contribution < -0.4 is 15.4 Å². The van der Waals surface area contributed by atoms with Crippen LogP contribution in [-0.2, 0) is 19.6 Å². The van der Waals surface area contributed by atoms with Crippen LogP contribution >= 0.6 is 0 Å². The molecule has 166 valence electrons. The van der Waals surface area contributed by atoms with Crippen LogP contribution in [0, 0.1) is 5.92 Å². The van der Waals surface area contributed by atoms with Crippen molar-refractivity contribution in [2.24, 2.45) is 5.92 Å². The molecule has 1 atom stereocenters. The number of nitrogens with one attached hydrogen (secondary N) is 2. The molecular formula is C21H25N3O6S. The number of sulfonamides is 1. The van der Waals surface area contributed by atoms with Gasteiger partial charge in [-0.1, -0.05) is 12.1 Å². The Kier molecular flexibility index (Phi) is 7.13. The first kappa shape index (κ1) is 22.6. The van der Waals surface area contributed by atoms with Gasteiger partial charge in [0.15, 0.2) is 0 Å². The first-order valence-electron chi connectivity index (χ1n) is 9.74. The second-order valence-electron chi connectivity index (χ2n) is 7.03. The number of ether oxygens (including phenoxy) is 2. The van der Waals surface area contributed by atoms with Crippen molar-refractivity contribution in [2.75, 3.05) is 37.9 Å². The number of methoxy groups -OCH3 is 2. The molecule has 3 rings (SSSR count). The van der Waals surface area contributed by atoms with Crippen LogP contribution in [0.1, 0.15) is 12.8 Å². The summed E-state index contributed by atoms with van der Waals surface area (Å²) < 4.78 is 37.2. The van der Waals surface area contributed by atoms with Gasteiger partial charge in [0, 0.05) is 18.8 Å². The van der Waals surface area contributed by atoms with Gasteiger partial charge in [0.2, 0.25) is 15.9 Å². The summed E-state index contributed by atoms with van der Waals surface area (Å²) in [5.41, 5.74) is 0.960. The summed E-state index contributed by atoms with van der Waals surface area (Å²) in [6.45, 7) is 0.425. The summed E-state index contributed by atoms with van der Waals surface area (Å²) in [5.74, 6) is -0.187. The average molecular weight is 448 g/mol. The molecule has 0 bridgehead atoms. The Morgan fingerprint density at radius 3 is 2.42 bits per heavy atom. The van der Waals surface area contributed by atoms with Gasteiger partial charge in [-0.3, -0.25) is 10.1 Å². The Balaban J connectivity index is 1.70. The highest BCUT2D eigenvalue weighted by Crippen LogP contribution is 2.28. The number of carbonyl (C=O) groups is 2. The number of nitrogens with zero attached hydrogens (tertiary/aromatic N) is 1. The standard InChI is InChI=1S/C21H25N3O6S/c1-29-19-8-4-3-7-18(19)23-20(25)15-6-5-13-24(14-15)31(27,28)17-11-9-16(10-12-17)22-21(26)30-2/h3-4,7-12,15H,5-6,13-14H2,1-2H3,(H,22,26)(H,23,25)/t15-/m0/s1. The van der Waals surface area contributed by atoms with Crippen LogP contribution in [0.25, 0.3) is 0 Å². The van der Waals surface area contributed by atoms with Gasteiger partial charge < -0.3 is 14.8 Å². The Hall–Kier alpha value is -3.11. The molecule has 0 radical (unpaired) electrons. The van der Waals surface area contributed by atoms with Gasteiger partial charge in [-0.15, -0.1) is 0 Å². The predicted octanol–water partition coefficient (Wildman–Crippen LogP) is 2.91. The number of para-hydroxylation sites is 2. The van der Waals surface area contributed by atoms with E-state index < -0.39 is 22.0 Å². The van der Waals surface area contributed by atoms with Crippen LogP contribution in [0.3, 0.4) is 0 Å². The van der Waals surface area contributed by atoms with Crippen molar-refractivity contribution < 1.29 is 27.5 Å². The molecule has 1 aliphatic rings. The highest BCUT2D eigenvalue weighted by atomic mass is 32.2. The zero-order chi connectivity index (χ0) is 22.4. The lowest BCUT2D eigenvalue weighted by molar-refractivity contribution is -0.120. The zero-order valence-corrected chi connectivity index (χ0v) is 18.1. The summed E-state index contributed by atoms with van der Waals surface area (Å²) in [6.07, 6.45) is 0.524. The fraction of sp³-hybridized carbons (Fsp3) is 0.333. The van der Waals surface area contributed by atoms with Gasteiger partial charge in [-0.05, 0) is 49.2 Å². The van der Waals surface area contributed by atoms with E-state index in [1.807, 2.05) is 0 Å². The number of carbonyl (C=O) groups excluding carboxylic acids is 2. The minimum atomic E-state index is -3.78. The van der Waals surface area contributed by atoms with Crippen LogP contribution in [0.15, 0.2) is 53.4 Å². The van der Waals surface area contributed by atoms with Crippen molar-refractivity contribution in [1.29, 1.82) is 0 Å². The molecule has 10 heteroatoms. The lowest BCUT2D eigenvalue weighted by Gasteiger charge is -2.31. The molecule has 1 aliphatic heterocycles. The molecule has 2 aromatic carbocycles. The largest absolute Gasteiger partial charge is 0.495 e. The third kappa shape index (κ3) is 5.33. The summed E-state index contributed by atoms with van der Waals surface area (Å²) in [6, 6.07) is 12.9. The lowest BCUT2D eigenvalue weighted by atomic mass is 9.98. The first-order chi connectivity index (χ1) is 14.8. The van der Waals surface area contributed by atoms with E-state index in [9.17, 15) is 18.0 Å². The number of piperidine rings is 1. The van der Waals surface area contributed by atoms with Crippen molar-refractivity contribution in [3.8, 4) is 5.75 Å². The van der Waals surface area contributed by atoms with Crippen molar-refractivity contribution in [2.45, 2.75) is 17.7 Å². The van der Waals surface area contributed by atoms with Gasteiger partial charge in [-0.25, -0.2) is 13.2 Å². The summed E-state index contributed by atoms with van der Waals surface area (Å²) in [7, 11) is -1.02. The molecule has 1 saturated heterocycles. The van der Waals surface area contributed by atoms with Gasteiger partial charge >= 0.3 is 6.09 Å². The van der Waals surface area contributed by atoms with E-state index in [0.29, 0.717) is 36.5 Å². The maximum absolute atomic E-state index is 13.1. The lowest BCUT2D eigenvalue weighted by Crippen LogP contribution is -2.43. The summed E-state index contributed by atoms with van der Waals surface area (Å²) in [4.78, 5) is 24.1. The van der Waals surface area contributed by atoms with E-state index >= 15 is 0 Å². The maximum Gasteiger partial charge on any atom is 0.411 e. The molecule has 1 fully saturated rings. The fourth-order valence-electron chi connectivity index (χ4n) is 3.39. The van der Waals surface area contributed by atoms with Crippen LogP contribution in [0.5, 0.6) is 5.75 Å². The number of amides is 2. The SMILES string of the molecule is COC(=O)Nc1ccc(S(=O)(=O)N2CCC[C@H](C(=O)Nc3ccccc3OC)C2)cc1. The van der Waals surface area contributed by atoms with Crippen LogP contribution in [-0.4, -0.2) is 52.0 Å². The molecule has 0 aliphatic carbocycles. The normalized spacial score (nSPS) is 16.9. The van der Waals surface area contributed by atoms with Crippen molar-refractivity contribution >= 4 is 33.4 Å². The second-order valence-corrected chi connectivity index (χ2v) is 8.97. The smallest absolute Gasteiger partial charge is 0.411 e. The fourth-order valence-corrected chi connectivity index (χ4v) is 4.91. The molecular weight excluding hydrogens is 422 g/mol.